The van der Waals surface area contributed by atoms with Crippen molar-refractivity contribution in [2.45, 2.75) is 85.0 Å². The summed E-state index contributed by atoms with van der Waals surface area (Å²) < 4.78 is 1.66. The fraction of sp³-hybridized carbons (Fsp3) is 0.577. The van der Waals surface area contributed by atoms with Crippen LogP contribution in [-0.2, 0) is 15.0 Å². The molecule has 0 radical (unpaired) electrons. The van der Waals surface area contributed by atoms with E-state index in [2.05, 4.69) is 39.9 Å². The predicted molar refractivity (Wildman–Crippen MR) is 141 cm³/mol. The van der Waals surface area contributed by atoms with Gasteiger partial charge in [0.2, 0.25) is 11.8 Å². The molecule has 2 amide bonds. The van der Waals surface area contributed by atoms with Crippen molar-refractivity contribution in [1.82, 2.24) is 14.7 Å². The molecule has 188 valence electrons. The Morgan fingerprint density at radius 2 is 1.71 bits per heavy atom. The smallest absolute Gasteiger partial charge is 0.245 e. The number of nitrogens with one attached hydrogen (secondary N) is 1. The van der Waals surface area contributed by atoms with Crippen LogP contribution in [0.5, 0.6) is 0 Å². The van der Waals surface area contributed by atoms with Gasteiger partial charge >= 0.3 is 0 Å². The summed E-state index contributed by atoms with van der Waals surface area (Å²) in [5.41, 5.74) is 1.29. The molecule has 1 heterocycles. The van der Waals surface area contributed by atoms with Crippen molar-refractivity contribution in [2.75, 3.05) is 18.4 Å². The number of carbonyl (C=O) groups excluding carboxylic acids is 2. The topological polar surface area (TPSA) is 67.2 Å². The van der Waals surface area contributed by atoms with Gasteiger partial charge in [0.15, 0.2) is 0 Å². The van der Waals surface area contributed by atoms with E-state index in [0.717, 1.165) is 44.2 Å². The van der Waals surface area contributed by atoms with Crippen LogP contribution in [0.3, 0.4) is 0 Å². The van der Waals surface area contributed by atoms with Gasteiger partial charge in [0, 0.05) is 24.4 Å². The number of unbranched alkanes of at least 4 members (excludes halogenated alkanes) is 4. The summed E-state index contributed by atoms with van der Waals surface area (Å²) in [6.07, 6.45) is 6.44. The van der Waals surface area contributed by atoms with E-state index in [0.29, 0.717) is 34.5 Å². The number of carbonyl (C=O) groups is 2. The molecule has 0 unspecified atom stereocenters. The van der Waals surface area contributed by atoms with Crippen LogP contribution in [0.15, 0.2) is 24.3 Å². The number of rotatable bonds is 12. The lowest BCUT2D eigenvalue weighted by Crippen LogP contribution is -2.38. The van der Waals surface area contributed by atoms with Crippen molar-refractivity contribution in [3.8, 4) is 5.69 Å². The SMILES string of the molecule is CCCCCCC(=O)N(CCCC)CC(=O)Nc1cc(C(C)(C)C)nn1-c1ccc(Cl)c(Cl)c1. The molecule has 0 spiro atoms. The van der Waals surface area contributed by atoms with Crippen molar-refractivity contribution in [2.24, 2.45) is 0 Å². The predicted octanol–water partition coefficient (Wildman–Crippen LogP) is 7.01. The maximum atomic E-state index is 13.0. The van der Waals surface area contributed by atoms with Crippen molar-refractivity contribution < 1.29 is 9.59 Å². The molecule has 34 heavy (non-hydrogen) atoms. The highest BCUT2D eigenvalue weighted by Crippen LogP contribution is 2.29. The third-order valence-corrected chi connectivity index (χ3v) is 6.35. The van der Waals surface area contributed by atoms with Gasteiger partial charge in [-0.1, -0.05) is 83.5 Å². The second kappa shape index (κ2) is 13.1. The van der Waals surface area contributed by atoms with Crippen LogP contribution in [-0.4, -0.2) is 39.6 Å². The van der Waals surface area contributed by atoms with Gasteiger partial charge in [-0.2, -0.15) is 5.10 Å². The highest BCUT2D eigenvalue weighted by molar-refractivity contribution is 6.42. The van der Waals surface area contributed by atoms with Crippen molar-refractivity contribution >= 4 is 40.8 Å². The van der Waals surface area contributed by atoms with E-state index in [1.807, 2.05) is 6.07 Å². The Labute approximate surface area is 214 Å². The van der Waals surface area contributed by atoms with Crippen LogP contribution in [0.25, 0.3) is 5.69 Å². The summed E-state index contributed by atoms with van der Waals surface area (Å²) in [5.74, 6) is 0.312. The van der Waals surface area contributed by atoms with E-state index in [9.17, 15) is 9.59 Å². The van der Waals surface area contributed by atoms with Crippen LogP contribution >= 0.6 is 23.2 Å². The first-order chi connectivity index (χ1) is 16.1. The second-order valence-electron chi connectivity index (χ2n) is 9.70. The molecule has 1 N–H and O–H groups in total. The molecule has 0 aliphatic carbocycles. The molecule has 1 aromatic heterocycles. The van der Waals surface area contributed by atoms with Crippen LogP contribution in [0.4, 0.5) is 5.82 Å². The first-order valence-electron chi connectivity index (χ1n) is 12.2. The summed E-state index contributed by atoms with van der Waals surface area (Å²) in [6.45, 7) is 11.0. The van der Waals surface area contributed by atoms with E-state index in [-0.39, 0.29) is 23.8 Å². The molecule has 0 bridgehead atoms. The summed E-state index contributed by atoms with van der Waals surface area (Å²) >= 11 is 12.3. The molecule has 1 aromatic carbocycles. The molecule has 0 fully saturated rings. The minimum Gasteiger partial charge on any atom is -0.333 e. The summed E-state index contributed by atoms with van der Waals surface area (Å²) in [4.78, 5) is 27.5. The molecular weight excluding hydrogens is 471 g/mol. The van der Waals surface area contributed by atoms with Gasteiger partial charge in [0.05, 0.1) is 28.0 Å². The van der Waals surface area contributed by atoms with Crippen LogP contribution in [0.2, 0.25) is 10.0 Å². The monoisotopic (exact) mass is 508 g/mol. The number of aromatic nitrogens is 2. The van der Waals surface area contributed by atoms with E-state index in [4.69, 9.17) is 28.3 Å². The first-order valence-corrected chi connectivity index (χ1v) is 13.0. The Balaban J connectivity index is 2.22. The Bertz CT molecular complexity index is 966. The highest BCUT2D eigenvalue weighted by atomic mass is 35.5. The number of hydrogen-bond acceptors (Lipinski definition) is 3. The molecule has 0 saturated carbocycles. The molecule has 0 saturated heterocycles. The fourth-order valence-electron chi connectivity index (χ4n) is 3.51. The van der Waals surface area contributed by atoms with E-state index in [1.165, 1.54) is 0 Å². The Kier molecular flexibility index (Phi) is 10.9. The van der Waals surface area contributed by atoms with E-state index >= 15 is 0 Å². The van der Waals surface area contributed by atoms with Gasteiger partial charge in [-0.25, -0.2) is 4.68 Å². The summed E-state index contributed by atoms with van der Waals surface area (Å²) in [5, 5.41) is 8.54. The standard InChI is InChI=1S/C26H38Cl2N4O2/c1-6-8-10-11-12-25(34)31(15-9-7-2)18-24(33)29-23-17-22(26(3,4)5)30-32(23)19-13-14-20(27)21(28)16-19/h13-14,16-17H,6-12,15,18H2,1-5H3,(H,29,33). The van der Waals surface area contributed by atoms with Crippen molar-refractivity contribution in [3.63, 3.8) is 0 Å². The first kappa shape index (κ1) is 28.2. The molecule has 2 rings (SSSR count). The maximum absolute atomic E-state index is 13.0. The van der Waals surface area contributed by atoms with Crippen LogP contribution in [0.1, 0.15) is 85.3 Å². The highest BCUT2D eigenvalue weighted by Gasteiger charge is 2.23. The number of benzene rings is 1. The van der Waals surface area contributed by atoms with Crippen LogP contribution in [0, 0.1) is 0 Å². The van der Waals surface area contributed by atoms with Gasteiger partial charge in [-0.3, -0.25) is 9.59 Å². The molecule has 0 aliphatic rings. The van der Waals surface area contributed by atoms with Gasteiger partial charge in [-0.05, 0) is 31.0 Å². The normalized spacial score (nSPS) is 11.5. The zero-order valence-electron chi connectivity index (χ0n) is 21.1. The Morgan fingerprint density at radius 3 is 2.32 bits per heavy atom. The average molecular weight is 510 g/mol. The largest absolute Gasteiger partial charge is 0.333 e. The molecule has 0 aliphatic heterocycles. The lowest BCUT2D eigenvalue weighted by molar-refractivity contribution is -0.134. The third-order valence-electron chi connectivity index (χ3n) is 5.61. The quantitative estimate of drug-likeness (QED) is 0.313. The van der Waals surface area contributed by atoms with Gasteiger partial charge in [0.1, 0.15) is 5.82 Å². The third kappa shape index (κ3) is 8.31. The molecule has 0 atom stereocenters. The molecule has 6 nitrogen and oxygen atoms in total. The number of anilines is 1. The number of halogens is 2. The second-order valence-corrected chi connectivity index (χ2v) is 10.5. The number of hydrogen-bond donors (Lipinski definition) is 1. The maximum Gasteiger partial charge on any atom is 0.245 e. The van der Waals surface area contributed by atoms with E-state index < -0.39 is 0 Å². The van der Waals surface area contributed by atoms with E-state index in [1.54, 1.807) is 27.8 Å². The lowest BCUT2D eigenvalue weighted by Gasteiger charge is -2.22. The molecular formula is C26H38Cl2N4O2. The molecule has 8 heteroatoms. The Morgan fingerprint density at radius 1 is 1.00 bits per heavy atom. The van der Waals surface area contributed by atoms with Crippen molar-refractivity contribution in [3.05, 3.63) is 40.0 Å². The summed E-state index contributed by atoms with van der Waals surface area (Å²) in [6, 6.07) is 7.08. The lowest BCUT2D eigenvalue weighted by atomic mass is 9.92. The minimum atomic E-state index is -0.250. The number of nitrogens with zero attached hydrogens (tertiary/aromatic N) is 3. The van der Waals surface area contributed by atoms with Crippen molar-refractivity contribution in [1.29, 1.82) is 0 Å². The van der Waals surface area contributed by atoms with Gasteiger partial charge < -0.3 is 10.2 Å². The zero-order valence-corrected chi connectivity index (χ0v) is 22.6. The fourth-order valence-corrected chi connectivity index (χ4v) is 3.80. The Hall–Kier alpha value is -2.05. The molecule has 2 aromatic rings. The summed E-state index contributed by atoms with van der Waals surface area (Å²) in [7, 11) is 0. The van der Waals surface area contributed by atoms with Crippen LogP contribution < -0.4 is 5.32 Å². The van der Waals surface area contributed by atoms with Gasteiger partial charge in [0.25, 0.3) is 0 Å². The van der Waals surface area contributed by atoms with Gasteiger partial charge in [-0.15, -0.1) is 0 Å². The average Bonchev–Trinajstić information content (AvgIpc) is 3.20. The zero-order chi connectivity index (χ0) is 25.3. The number of amides is 2. The minimum absolute atomic E-state index is 0.0179.